The lowest BCUT2D eigenvalue weighted by Crippen LogP contribution is -2.23. The van der Waals surface area contributed by atoms with Gasteiger partial charge in [0.05, 0.1) is 6.61 Å². The van der Waals surface area contributed by atoms with Crippen molar-refractivity contribution >= 4 is 12.0 Å². The number of hydrogen-bond donors (Lipinski definition) is 1. The molecule has 1 aromatic heterocycles. The molecule has 0 aliphatic heterocycles. The maximum Gasteiger partial charge on any atom is 0.262 e. The number of benzene rings is 1. The number of nitrogens with one attached hydrogen (secondary N) is 1. The van der Waals surface area contributed by atoms with Crippen LogP contribution in [0.3, 0.4) is 0 Å². The molecule has 0 spiro atoms. The minimum absolute atomic E-state index is 0.0566. The van der Waals surface area contributed by atoms with Gasteiger partial charge >= 0.3 is 0 Å². The Morgan fingerprint density at radius 1 is 1.33 bits per heavy atom. The standard InChI is InChI=1S/C19H19N3O2/c1-2-10-24-18-7-5-15(6-8-18)11-17(12-20)19(23)22-14-16-4-3-9-21-13-16/h3-9,11,13H,2,10,14H2,1H3,(H,22,23). The van der Waals surface area contributed by atoms with Crippen molar-refractivity contribution in [3.63, 3.8) is 0 Å². The second-order valence-electron chi connectivity index (χ2n) is 5.13. The number of rotatable bonds is 7. The summed E-state index contributed by atoms with van der Waals surface area (Å²) in [7, 11) is 0. The Hall–Kier alpha value is -3.13. The average molecular weight is 321 g/mol. The predicted molar refractivity (Wildman–Crippen MR) is 91.9 cm³/mol. The second-order valence-corrected chi connectivity index (χ2v) is 5.13. The third-order valence-corrected chi connectivity index (χ3v) is 3.20. The van der Waals surface area contributed by atoms with E-state index in [4.69, 9.17) is 4.74 Å². The molecule has 0 unspecified atom stereocenters. The van der Waals surface area contributed by atoms with Gasteiger partial charge in [0.25, 0.3) is 5.91 Å². The molecular weight excluding hydrogens is 302 g/mol. The molecule has 5 heteroatoms. The first kappa shape index (κ1) is 17.2. The van der Waals surface area contributed by atoms with Crippen molar-refractivity contribution in [2.45, 2.75) is 19.9 Å². The molecule has 2 rings (SSSR count). The molecule has 24 heavy (non-hydrogen) atoms. The fraction of sp³-hybridized carbons (Fsp3) is 0.211. The topological polar surface area (TPSA) is 75.0 Å². The molecule has 122 valence electrons. The highest BCUT2D eigenvalue weighted by atomic mass is 16.5. The summed E-state index contributed by atoms with van der Waals surface area (Å²) in [6.07, 6.45) is 5.84. The number of nitriles is 1. The van der Waals surface area contributed by atoms with Gasteiger partial charge in [0.1, 0.15) is 17.4 Å². The predicted octanol–water partition coefficient (Wildman–Crippen LogP) is 3.09. The normalized spacial score (nSPS) is 10.8. The first-order valence-electron chi connectivity index (χ1n) is 7.74. The molecule has 0 aliphatic carbocycles. The molecule has 0 saturated heterocycles. The molecule has 0 aliphatic rings. The number of carbonyl (C=O) groups is 1. The van der Waals surface area contributed by atoms with E-state index in [-0.39, 0.29) is 5.57 Å². The lowest BCUT2D eigenvalue weighted by Gasteiger charge is -2.05. The molecule has 5 nitrogen and oxygen atoms in total. The van der Waals surface area contributed by atoms with Crippen LogP contribution in [-0.2, 0) is 11.3 Å². The van der Waals surface area contributed by atoms with Crippen LogP contribution >= 0.6 is 0 Å². The fourth-order valence-corrected chi connectivity index (χ4v) is 1.98. The van der Waals surface area contributed by atoms with Gasteiger partial charge in [0.15, 0.2) is 0 Å². The van der Waals surface area contributed by atoms with Crippen molar-refractivity contribution in [2.75, 3.05) is 6.61 Å². The van der Waals surface area contributed by atoms with E-state index in [2.05, 4.69) is 10.3 Å². The first-order valence-corrected chi connectivity index (χ1v) is 7.74. The molecule has 2 aromatic rings. The van der Waals surface area contributed by atoms with E-state index in [1.165, 1.54) is 0 Å². The molecule has 1 amide bonds. The SMILES string of the molecule is CCCOc1ccc(C=C(C#N)C(=O)NCc2cccnc2)cc1. The lowest BCUT2D eigenvalue weighted by molar-refractivity contribution is -0.117. The third kappa shape index (κ3) is 5.25. The highest BCUT2D eigenvalue weighted by Crippen LogP contribution is 2.15. The van der Waals surface area contributed by atoms with Crippen molar-refractivity contribution < 1.29 is 9.53 Å². The first-order chi connectivity index (χ1) is 11.7. The summed E-state index contributed by atoms with van der Waals surface area (Å²) in [6.45, 7) is 3.03. The Kier molecular flexibility index (Phi) is 6.54. The van der Waals surface area contributed by atoms with Crippen molar-refractivity contribution in [3.05, 3.63) is 65.5 Å². The third-order valence-electron chi connectivity index (χ3n) is 3.20. The molecule has 1 aromatic carbocycles. The fourth-order valence-electron chi connectivity index (χ4n) is 1.98. The van der Waals surface area contributed by atoms with Crippen LogP contribution in [0.25, 0.3) is 6.08 Å². The van der Waals surface area contributed by atoms with Crippen LogP contribution in [0.5, 0.6) is 5.75 Å². The van der Waals surface area contributed by atoms with Crippen molar-refractivity contribution in [1.82, 2.24) is 10.3 Å². The van der Waals surface area contributed by atoms with Crippen molar-refractivity contribution in [2.24, 2.45) is 0 Å². The zero-order valence-corrected chi connectivity index (χ0v) is 13.5. The second kappa shape index (κ2) is 9.11. The van der Waals surface area contributed by atoms with Gasteiger partial charge in [-0.2, -0.15) is 5.26 Å². The largest absolute Gasteiger partial charge is 0.494 e. The van der Waals surface area contributed by atoms with Crippen LogP contribution < -0.4 is 10.1 Å². The summed E-state index contributed by atoms with van der Waals surface area (Å²) in [6, 6.07) is 12.9. The van der Waals surface area contributed by atoms with Gasteiger partial charge in [0, 0.05) is 18.9 Å². The van der Waals surface area contributed by atoms with E-state index in [1.807, 2.05) is 43.3 Å². The number of aromatic nitrogens is 1. The molecule has 0 bridgehead atoms. The zero-order chi connectivity index (χ0) is 17.2. The van der Waals surface area contributed by atoms with E-state index in [9.17, 15) is 10.1 Å². The van der Waals surface area contributed by atoms with Gasteiger partial charge in [-0.25, -0.2) is 0 Å². The van der Waals surface area contributed by atoms with Crippen LogP contribution in [0.1, 0.15) is 24.5 Å². The van der Waals surface area contributed by atoms with Crippen LogP contribution in [0.15, 0.2) is 54.4 Å². The Bertz CT molecular complexity index is 731. The highest BCUT2D eigenvalue weighted by molar-refractivity contribution is 6.01. The summed E-state index contributed by atoms with van der Waals surface area (Å²) in [5.74, 6) is 0.362. The van der Waals surface area contributed by atoms with Gasteiger partial charge in [-0.15, -0.1) is 0 Å². The number of ether oxygens (including phenoxy) is 1. The van der Waals surface area contributed by atoms with Gasteiger partial charge in [-0.3, -0.25) is 9.78 Å². The molecule has 1 heterocycles. The van der Waals surface area contributed by atoms with Crippen LogP contribution in [0.2, 0.25) is 0 Å². The summed E-state index contributed by atoms with van der Waals surface area (Å²) < 4.78 is 5.51. The van der Waals surface area contributed by atoms with E-state index >= 15 is 0 Å². The molecular formula is C19H19N3O2. The van der Waals surface area contributed by atoms with E-state index in [0.29, 0.717) is 13.2 Å². The summed E-state index contributed by atoms with van der Waals surface area (Å²) in [4.78, 5) is 16.1. The Morgan fingerprint density at radius 2 is 2.12 bits per heavy atom. The molecule has 0 fully saturated rings. The Morgan fingerprint density at radius 3 is 2.75 bits per heavy atom. The molecule has 1 N–H and O–H groups in total. The minimum Gasteiger partial charge on any atom is -0.494 e. The average Bonchev–Trinajstić information content (AvgIpc) is 2.64. The number of nitrogens with zero attached hydrogens (tertiary/aromatic N) is 2. The van der Waals surface area contributed by atoms with E-state index in [1.54, 1.807) is 24.5 Å². The zero-order valence-electron chi connectivity index (χ0n) is 13.5. The van der Waals surface area contributed by atoms with Crippen LogP contribution in [0.4, 0.5) is 0 Å². The minimum atomic E-state index is -0.410. The number of amides is 1. The summed E-state index contributed by atoms with van der Waals surface area (Å²) in [5.41, 5.74) is 1.70. The Labute approximate surface area is 141 Å². The monoisotopic (exact) mass is 321 g/mol. The van der Waals surface area contributed by atoms with Gasteiger partial charge in [-0.05, 0) is 41.8 Å². The number of pyridine rings is 1. The van der Waals surface area contributed by atoms with Gasteiger partial charge in [-0.1, -0.05) is 25.1 Å². The summed E-state index contributed by atoms with van der Waals surface area (Å²) >= 11 is 0. The summed E-state index contributed by atoms with van der Waals surface area (Å²) in [5, 5.41) is 11.9. The van der Waals surface area contributed by atoms with Crippen molar-refractivity contribution in [1.29, 1.82) is 5.26 Å². The highest BCUT2D eigenvalue weighted by Gasteiger charge is 2.08. The van der Waals surface area contributed by atoms with Crippen molar-refractivity contribution in [3.8, 4) is 11.8 Å². The quantitative estimate of drug-likeness (QED) is 0.628. The van der Waals surface area contributed by atoms with Gasteiger partial charge in [0.2, 0.25) is 0 Å². The molecule has 0 radical (unpaired) electrons. The number of carbonyl (C=O) groups excluding carboxylic acids is 1. The maximum absolute atomic E-state index is 12.1. The molecule has 0 saturated carbocycles. The number of hydrogen-bond acceptors (Lipinski definition) is 4. The Balaban J connectivity index is 2.00. The van der Waals surface area contributed by atoms with Crippen LogP contribution in [-0.4, -0.2) is 17.5 Å². The van der Waals surface area contributed by atoms with E-state index < -0.39 is 5.91 Å². The smallest absolute Gasteiger partial charge is 0.262 e. The van der Waals surface area contributed by atoms with Gasteiger partial charge < -0.3 is 10.1 Å². The molecule has 0 atom stereocenters. The lowest BCUT2D eigenvalue weighted by atomic mass is 10.1. The maximum atomic E-state index is 12.1. The van der Waals surface area contributed by atoms with Crippen LogP contribution in [0, 0.1) is 11.3 Å². The van der Waals surface area contributed by atoms with E-state index in [0.717, 1.165) is 23.3 Å².